The molecule has 1 aliphatic heterocycles. The number of nitrogens with zero attached hydrogens (tertiary/aromatic N) is 1. The number of nitrogens with two attached hydrogens (primary N) is 1. The summed E-state index contributed by atoms with van der Waals surface area (Å²) in [5.41, 5.74) is 7.50. The van der Waals surface area contributed by atoms with Crippen molar-refractivity contribution in [2.45, 2.75) is 51.6 Å². The van der Waals surface area contributed by atoms with Crippen molar-refractivity contribution in [2.24, 2.45) is 11.7 Å². The SMILES string of the molecule is CCCC1CCN(C(c2ccc(F)cc2)C(N)CC)C1. The van der Waals surface area contributed by atoms with Crippen LogP contribution >= 0.6 is 0 Å². The summed E-state index contributed by atoms with van der Waals surface area (Å²) in [5.74, 6) is 0.620. The summed E-state index contributed by atoms with van der Waals surface area (Å²) < 4.78 is 13.1. The van der Waals surface area contributed by atoms with Gasteiger partial charge in [0.15, 0.2) is 0 Å². The average Bonchev–Trinajstić information content (AvgIpc) is 2.90. The van der Waals surface area contributed by atoms with Crippen molar-refractivity contribution in [3.05, 3.63) is 35.6 Å². The molecule has 0 radical (unpaired) electrons. The van der Waals surface area contributed by atoms with E-state index in [2.05, 4.69) is 18.7 Å². The zero-order valence-electron chi connectivity index (χ0n) is 12.7. The molecule has 1 saturated heterocycles. The third-order valence-electron chi connectivity index (χ3n) is 4.50. The maximum absolute atomic E-state index is 13.1. The standard InChI is InChI=1S/C17H27FN2/c1-3-5-13-10-11-20(12-13)17(16(19)4-2)14-6-8-15(18)9-7-14/h6-9,13,16-17H,3-5,10-12,19H2,1-2H3. The van der Waals surface area contributed by atoms with Crippen LogP contribution in [-0.2, 0) is 0 Å². The van der Waals surface area contributed by atoms with Crippen LogP contribution in [-0.4, -0.2) is 24.0 Å². The maximum atomic E-state index is 13.1. The molecule has 1 heterocycles. The topological polar surface area (TPSA) is 29.3 Å². The molecule has 1 aliphatic rings. The van der Waals surface area contributed by atoms with Crippen molar-refractivity contribution in [3.63, 3.8) is 0 Å². The first kappa shape index (κ1) is 15.5. The van der Waals surface area contributed by atoms with Gasteiger partial charge in [0.1, 0.15) is 5.82 Å². The van der Waals surface area contributed by atoms with Crippen LogP contribution in [0, 0.1) is 11.7 Å². The summed E-state index contributed by atoms with van der Waals surface area (Å²) in [6, 6.07) is 7.21. The largest absolute Gasteiger partial charge is 0.326 e. The molecule has 0 aliphatic carbocycles. The summed E-state index contributed by atoms with van der Waals surface area (Å²) in [5, 5.41) is 0. The molecular formula is C17H27FN2. The Kier molecular flexibility index (Phi) is 5.55. The molecule has 3 atom stereocenters. The normalized spacial score (nSPS) is 22.9. The second-order valence-corrected chi connectivity index (χ2v) is 6.01. The Balaban J connectivity index is 2.14. The zero-order chi connectivity index (χ0) is 14.5. The van der Waals surface area contributed by atoms with Crippen LogP contribution in [0.25, 0.3) is 0 Å². The summed E-state index contributed by atoms with van der Waals surface area (Å²) in [6.45, 7) is 6.61. The van der Waals surface area contributed by atoms with Crippen molar-refractivity contribution in [2.75, 3.05) is 13.1 Å². The van der Waals surface area contributed by atoms with Gasteiger partial charge in [-0.3, -0.25) is 4.90 Å². The highest BCUT2D eigenvalue weighted by molar-refractivity contribution is 5.22. The van der Waals surface area contributed by atoms with E-state index in [1.807, 2.05) is 12.1 Å². The minimum absolute atomic E-state index is 0.112. The molecule has 0 amide bonds. The van der Waals surface area contributed by atoms with E-state index in [-0.39, 0.29) is 17.9 Å². The van der Waals surface area contributed by atoms with Gasteiger partial charge in [-0.1, -0.05) is 32.4 Å². The monoisotopic (exact) mass is 278 g/mol. The minimum Gasteiger partial charge on any atom is -0.326 e. The Hall–Kier alpha value is -0.930. The molecule has 3 unspecified atom stereocenters. The number of halogens is 1. The zero-order valence-corrected chi connectivity index (χ0v) is 12.7. The van der Waals surface area contributed by atoms with Crippen molar-refractivity contribution < 1.29 is 4.39 Å². The van der Waals surface area contributed by atoms with Crippen LogP contribution in [0.15, 0.2) is 24.3 Å². The molecule has 112 valence electrons. The molecule has 0 spiro atoms. The number of benzene rings is 1. The third-order valence-corrected chi connectivity index (χ3v) is 4.50. The number of hydrogen-bond donors (Lipinski definition) is 1. The number of rotatable bonds is 6. The fourth-order valence-electron chi connectivity index (χ4n) is 3.37. The molecule has 2 N–H and O–H groups in total. The smallest absolute Gasteiger partial charge is 0.123 e. The molecule has 1 aromatic carbocycles. The summed E-state index contributed by atoms with van der Waals surface area (Å²) in [6.07, 6.45) is 4.76. The molecular weight excluding hydrogens is 251 g/mol. The number of likely N-dealkylation sites (tertiary alicyclic amines) is 1. The first-order valence-corrected chi connectivity index (χ1v) is 7.90. The van der Waals surface area contributed by atoms with E-state index in [1.165, 1.54) is 19.3 Å². The lowest BCUT2D eigenvalue weighted by Gasteiger charge is -2.33. The van der Waals surface area contributed by atoms with Crippen molar-refractivity contribution in [3.8, 4) is 0 Å². The van der Waals surface area contributed by atoms with Crippen molar-refractivity contribution in [1.29, 1.82) is 0 Å². The van der Waals surface area contributed by atoms with Crippen LogP contribution < -0.4 is 5.73 Å². The summed E-state index contributed by atoms with van der Waals surface area (Å²) in [7, 11) is 0. The highest BCUT2D eigenvalue weighted by atomic mass is 19.1. The lowest BCUT2D eigenvalue weighted by molar-refractivity contribution is 0.201. The van der Waals surface area contributed by atoms with Gasteiger partial charge in [0.2, 0.25) is 0 Å². The lowest BCUT2D eigenvalue weighted by atomic mass is 9.96. The highest BCUT2D eigenvalue weighted by Crippen LogP contribution is 2.32. The van der Waals surface area contributed by atoms with E-state index >= 15 is 0 Å². The van der Waals surface area contributed by atoms with Crippen molar-refractivity contribution >= 4 is 0 Å². The van der Waals surface area contributed by atoms with Crippen LogP contribution in [0.3, 0.4) is 0 Å². The molecule has 20 heavy (non-hydrogen) atoms. The second kappa shape index (κ2) is 7.19. The summed E-state index contributed by atoms with van der Waals surface area (Å²) >= 11 is 0. The van der Waals surface area contributed by atoms with E-state index in [0.29, 0.717) is 0 Å². The maximum Gasteiger partial charge on any atom is 0.123 e. The minimum atomic E-state index is -0.178. The van der Waals surface area contributed by atoms with Gasteiger partial charge in [0.05, 0.1) is 0 Å². The van der Waals surface area contributed by atoms with E-state index in [9.17, 15) is 4.39 Å². The van der Waals surface area contributed by atoms with Gasteiger partial charge in [0, 0.05) is 18.6 Å². The predicted molar refractivity (Wildman–Crippen MR) is 82.0 cm³/mol. The fourth-order valence-corrected chi connectivity index (χ4v) is 3.37. The molecule has 1 fully saturated rings. The van der Waals surface area contributed by atoms with Gasteiger partial charge in [0.25, 0.3) is 0 Å². The Bertz CT molecular complexity index is 404. The lowest BCUT2D eigenvalue weighted by Crippen LogP contribution is -2.39. The van der Waals surface area contributed by atoms with E-state index in [0.717, 1.165) is 31.0 Å². The van der Waals surface area contributed by atoms with Gasteiger partial charge in [-0.2, -0.15) is 0 Å². The van der Waals surface area contributed by atoms with Gasteiger partial charge in [-0.15, -0.1) is 0 Å². The second-order valence-electron chi connectivity index (χ2n) is 6.01. The molecule has 2 rings (SSSR count). The predicted octanol–water partition coefficient (Wildman–Crippen LogP) is 3.73. The van der Waals surface area contributed by atoms with Gasteiger partial charge >= 0.3 is 0 Å². The first-order chi connectivity index (χ1) is 9.65. The van der Waals surface area contributed by atoms with Crippen molar-refractivity contribution in [1.82, 2.24) is 4.90 Å². The van der Waals surface area contributed by atoms with Crippen LogP contribution in [0.2, 0.25) is 0 Å². The van der Waals surface area contributed by atoms with Crippen LogP contribution in [0.5, 0.6) is 0 Å². The quantitative estimate of drug-likeness (QED) is 0.859. The Morgan fingerprint density at radius 3 is 2.60 bits per heavy atom. The fraction of sp³-hybridized carbons (Fsp3) is 0.647. The summed E-state index contributed by atoms with van der Waals surface area (Å²) in [4.78, 5) is 2.50. The Labute approximate surface area is 122 Å². The van der Waals surface area contributed by atoms with E-state index < -0.39 is 0 Å². The van der Waals surface area contributed by atoms with E-state index in [1.54, 1.807) is 12.1 Å². The van der Waals surface area contributed by atoms with Crippen LogP contribution in [0.4, 0.5) is 4.39 Å². The first-order valence-electron chi connectivity index (χ1n) is 7.90. The molecule has 0 aromatic heterocycles. The average molecular weight is 278 g/mol. The molecule has 0 saturated carbocycles. The van der Waals surface area contributed by atoms with E-state index in [4.69, 9.17) is 5.73 Å². The molecule has 2 nitrogen and oxygen atoms in total. The Morgan fingerprint density at radius 1 is 1.30 bits per heavy atom. The molecule has 1 aromatic rings. The highest BCUT2D eigenvalue weighted by Gasteiger charge is 2.31. The van der Waals surface area contributed by atoms with Gasteiger partial charge in [-0.25, -0.2) is 4.39 Å². The van der Waals surface area contributed by atoms with Gasteiger partial charge in [-0.05, 0) is 49.4 Å². The Morgan fingerprint density at radius 2 is 2.00 bits per heavy atom. The molecule has 3 heteroatoms. The van der Waals surface area contributed by atoms with Gasteiger partial charge < -0.3 is 5.73 Å². The molecule has 0 bridgehead atoms. The third kappa shape index (κ3) is 3.58. The van der Waals surface area contributed by atoms with Crippen LogP contribution in [0.1, 0.15) is 51.1 Å². The number of hydrogen-bond acceptors (Lipinski definition) is 2.